The SMILES string of the molecule is CC1(C)CC(=O)C=C(c2cnc(C(F)(F)F)s2)C1. The van der Waals surface area contributed by atoms with Crippen molar-refractivity contribution >= 4 is 22.7 Å². The summed E-state index contributed by atoms with van der Waals surface area (Å²) in [6.45, 7) is 3.87. The molecule has 18 heavy (non-hydrogen) atoms. The molecular weight excluding hydrogens is 263 g/mol. The van der Waals surface area contributed by atoms with Gasteiger partial charge >= 0.3 is 6.18 Å². The summed E-state index contributed by atoms with van der Waals surface area (Å²) in [6.07, 6.45) is -0.746. The van der Waals surface area contributed by atoms with Crippen LogP contribution in [0.3, 0.4) is 0 Å². The molecule has 0 spiro atoms. The van der Waals surface area contributed by atoms with E-state index in [-0.39, 0.29) is 11.2 Å². The van der Waals surface area contributed by atoms with Crippen molar-refractivity contribution in [1.29, 1.82) is 0 Å². The fourth-order valence-electron chi connectivity index (χ4n) is 2.06. The summed E-state index contributed by atoms with van der Waals surface area (Å²) in [5.41, 5.74) is 0.452. The molecule has 0 bridgehead atoms. The number of halogens is 3. The zero-order valence-corrected chi connectivity index (χ0v) is 10.8. The lowest BCUT2D eigenvalue weighted by Crippen LogP contribution is -2.20. The Morgan fingerprint density at radius 2 is 2.00 bits per heavy atom. The molecule has 0 saturated heterocycles. The zero-order valence-electron chi connectivity index (χ0n) is 9.97. The van der Waals surface area contributed by atoms with Gasteiger partial charge in [-0.1, -0.05) is 13.8 Å². The maximum atomic E-state index is 12.5. The molecular formula is C12H12F3NOS. The first-order valence-electron chi connectivity index (χ1n) is 5.44. The van der Waals surface area contributed by atoms with Gasteiger partial charge in [0.1, 0.15) is 0 Å². The molecule has 2 nitrogen and oxygen atoms in total. The number of hydrogen-bond donors (Lipinski definition) is 0. The van der Waals surface area contributed by atoms with Gasteiger partial charge in [-0.15, -0.1) is 11.3 Å². The molecule has 0 aliphatic heterocycles. The van der Waals surface area contributed by atoms with E-state index in [1.807, 2.05) is 13.8 Å². The first-order chi connectivity index (χ1) is 8.17. The van der Waals surface area contributed by atoms with Gasteiger partial charge in [0.15, 0.2) is 10.8 Å². The van der Waals surface area contributed by atoms with Crippen LogP contribution in [0.25, 0.3) is 5.57 Å². The summed E-state index contributed by atoms with van der Waals surface area (Å²) < 4.78 is 37.4. The summed E-state index contributed by atoms with van der Waals surface area (Å²) in [6, 6.07) is 0. The minimum Gasteiger partial charge on any atom is -0.295 e. The van der Waals surface area contributed by atoms with E-state index in [1.54, 1.807) is 0 Å². The highest BCUT2D eigenvalue weighted by atomic mass is 32.1. The topological polar surface area (TPSA) is 30.0 Å². The highest BCUT2D eigenvalue weighted by molar-refractivity contribution is 7.12. The summed E-state index contributed by atoms with van der Waals surface area (Å²) >= 11 is 0.592. The molecule has 0 fully saturated rings. The Labute approximate surface area is 107 Å². The number of thiazole rings is 1. The highest BCUT2D eigenvalue weighted by Crippen LogP contribution is 2.41. The van der Waals surface area contributed by atoms with E-state index in [9.17, 15) is 18.0 Å². The molecule has 98 valence electrons. The van der Waals surface area contributed by atoms with Gasteiger partial charge in [-0.05, 0) is 23.5 Å². The Bertz CT molecular complexity index is 514. The van der Waals surface area contributed by atoms with Crippen molar-refractivity contribution in [3.05, 3.63) is 22.2 Å². The third-order valence-electron chi connectivity index (χ3n) is 2.72. The number of alkyl halides is 3. The maximum Gasteiger partial charge on any atom is 0.443 e. The van der Waals surface area contributed by atoms with Crippen LogP contribution in [0, 0.1) is 5.41 Å². The van der Waals surface area contributed by atoms with Crippen LogP contribution in [0.1, 0.15) is 36.6 Å². The summed E-state index contributed by atoms with van der Waals surface area (Å²) in [5.74, 6) is -0.0387. The predicted octanol–water partition coefficient (Wildman–Crippen LogP) is 3.93. The minimum absolute atomic E-state index is 0.0387. The Balaban J connectivity index is 2.32. The number of carbonyl (C=O) groups is 1. The fraction of sp³-hybridized carbons (Fsp3) is 0.500. The smallest absolute Gasteiger partial charge is 0.295 e. The molecule has 1 aromatic heterocycles. The molecule has 0 amide bonds. The maximum absolute atomic E-state index is 12.5. The first kappa shape index (κ1) is 13.3. The number of rotatable bonds is 1. The van der Waals surface area contributed by atoms with E-state index in [0.29, 0.717) is 34.6 Å². The molecule has 1 aliphatic carbocycles. The molecule has 0 radical (unpaired) electrons. The summed E-state index contributed by atoms with van der Waals surface area (Å²) in [4.78, 5) is 15.4. The molecule has 1 aromatic rings. The molecule has 0 saturated carbocycles. The van der Waals surface area contributed by atoms with E-state index in [2.05, 4.69) is 4.98 Å². The van der Waals surface area contributed by atoms with Gasteiger partial charge in [0, 0.05) is 12.6 Å². The van der Waals surface area contributed by atoms with Crippen LogP contribution < -0.4 is 0 Å². The summed E-state index contributed by atoms with van der Waals surface area (Å²) in [7, 11) is 0. The van der Waals surface area contributed by atoms with Crippen LogP contribution in [0.5, 0.6) is 0 Å². The third-order valence-corrected chi connectivity index (χ3v) is 3.84. The number of ketones is 1. The number of hydrogen-bond acceptors (Lipinski definition) is 3. The van der Waals surface area contributed by atoms with Crippen molar-refractivity contribution in [2.75, 3.05) is 0 Å². The molecule has 0 N–H and O–H groups in total. The predicted molar refractivity (Wildman–Crippen MR) is 63.1 cm³/mol. The molecule has 6 heteroatoms. The van der Waals surface area contributed by atoms with Crippen LogP contribution >= 0.6 is 11.3 Å². The fourth-order valence-corrected chi connectivity index (χ4v) is 2.86. The van der Waals surface area contributed by atoms with Crippen molar-refractivity contribution < 1.29 is 18.0 Å². The van der Waals surface area contributed by atoms with Gasteiger partial charge in [0.05, 0.1) is 4.88 Å². The molecule has 0 atom stereocenters. The van der Waals surface area contributed by atoms with Gasteiger partial charge in [0.25, 0.3) is 0 Å². The number of carbonyl (C=O) groups excluding carboxylic acids is 1. The van der Waals surface area contributed by atoms with E-state index in [4.69, 9.17) is 0 Å². The number of nitrogens with zero attached hydrogens (tertiary/aromatic N) is 1. The average molecular weight is 275 g/mol. The van der Waals surface area contributed by atoms with Gasteiger partial charge in [-0.25, -0.2) is 4.98 Å². The minimum atomic E-state index is -4.42. The van der Waals surface area contributed by atoms with Crippen molar-refractivity contribution in [3.63, 3.8) is 0 Å². The Morgan fingerprint density at radius 1 is 1.33 bits per heavy atom. The molecule has 0 aromatic carbocycles. The lowest BCUT2D eigenvalue weighted by atomic mass is 9.76. The Kier molecular flexibility index (Phi) is 3.09. The molecule has 1 heterocycles. The quantitative estimate of drug-likeness (QED) is 0.777. The lowest BCUT2D eigenvalue weighted by molar-refractivity contribution is -0.137. The van der Waals surface area contributed by atoms with E-state index >= 15 is 0 Å². The Morgan fingerprint density at radius 3 is 2.50 bits per heavy atom. The second-order valence-corrected chi connectivity index (χ2v) is 6.21. The van der Waals surface area contributed by atoms with Crippen molar-refractivity contribution in [2.45, 2.75) is 32.9 Å². The normalized spacial score (nSPS) is 19.8. The molecule has 2 rings (SSSR count). The van der Waals surface area contributed by atoms with Crippen LogP contribution in [0.2, 0.25) is 0 Å². The second-order valence-electron chi connectivity index (χ2n) is 5.18. The van der Waals surface area contributed by atoms with Crippen LogP contribution in [-0.2, 0) is 11.0 Å². The monoisotopic (exact) mass is 275 g/mol. The van der Waals surface area contributed by atoms with Crippen LogP contribution in [0.15, 0.2) is 12.3 Å². The van der Waals surface area contributed by atoms with E-state index < -0.39 is 11.2 Å². The number of aromatic nitrogens is 1. The van der Waals surface area contributed by atoms with E-state index in [0.717, 1.165) is 0 Å². The zero-order chi connectivity index (χ0) is 13.6. The molecule has 1 aliphatic rings. The summed E-state index contributed by atoms with van der Waals surface area (Å²) in [5, 5.41) is -0.866. The standard InChI is InChI=1S/C12H12F3NOS/c1-11(2)4-7(3-8(17)5-11)9-6-16-10(18-9)12(13,14)15/h3,6H,4-5H2,1-2H3. The van der Waals surface area contributed by atoms with E-state index in [1.165, 1.54) is 12.3 Å². The van der Waals surface area contributed by atoms with Gasteiger partial charge < -0.3 is 0 Å². The van der Waals surface area contributed by atoms with Gasteiger partial charge in [-0.3, -0.25) is 4.79 Å². The second kappa shape index (κ2) is 4.19. The van der Waals surface area contributed by atoms with Crippen molar-refractivity contribution in [2.24, 2.45) is 5.41 Å². The third kappa shape index (κ3) is 2.80. The molecule has 0 unspecified atom stereocenters. The lowest BCUT2D eigenvalue weighted by Gasteiger charge is -2.28. The van der Waals surface area contributed by atoms with Gasteiger partial charge in [-0.2, -0.15) is 13.2 Å². The van der Waals surface area contributed by atoms with Crippen molar-refractivity contribution in [3.8, 4) is 0 Å². The van der Waals surface area contributed by atoms with Crippen LogP contribution in [0.4, 0.5) is 13.2 Å². The largest absolute Gasteiger partial charge is 0.443 e. The van der Waals surface area contributed by atoms with Crippen LogP contribution in [-0.4, -0.2) is 10.8 Å². The highest BCUT2D eigenvalue weighted by Gasteiger charge is 2.36. The number of allylic oxidation sites excluding steroid dienone is 2. The van der Waals surface area contributed by atoms with Gasteiger partial charge in [0.2, 0.25) is 0 Å². The Hall–Kier alpha value is -1.17. The van der Waals surface area contributed by atoms with Crippen molar-refractivity contribution in [1.82, 2.24) is 4.98 Å². The average Bonchev–Trinajstić information content (AvgIpc) is 2.61. The first-order valence-corrected chi connectivity index (χ1v) is 6.26.